The lowest BCUT2D eigenvalue weighted by Crippen LogP contribution is -2.30. The minimum absolute atomic E-state index is 0.224. The number of halogens is 2. The van der Waals surface area contributed by atoms with Crippen molar-refractivity contribution in [2.45, 2.75) is 20.0 Å². The van der Waals surface area contributed by atoms with Crippen molar-refractivity contribution in [3.63, 3.8) is 0 Å². The number of carbonyl (C=O) groups excluding carboxylic acids is 2. The number of aryl methyl sites for hydroxylation is 1. The Balaban J connectivity index is 2.07. The molecule has 0 fully saturated rings. The number of aromatic nitrogens is 1. The molecule has 0 saturated heterocycles. The topological polar surface area (TPSA) is 80.3 Å². The Morgan fingerprint density at radius 2 is 2.04 bits per heavy atom. The van der Waals surface area contributed by atoms with Gasteiger partial charge in [-0.15, -0.1) is 0 Å². The van der Waals surface area contributed by atoms with Gasteiger partial charge < -0.3 is 15.4 Å². The van der Waals surface area contributed by atoms with Gasteiger partial charge in [0.1, 0.15) is 10.6 Å². The van der Waals surface area contributed by atoms with E-state index in [4.69, 9.17) is 27.9 Å². The minimum atomic E-state index is -1.02. The van der Waals surface area contributed by atoms with Crippen molar-refractivity contribution in [3.05, 3.63) is 39.5 Å². The Morgan fingerprint density at radius 1 is 1.33 bits per heavy atom. The summed E-state index contributed by atoms with van der Waals surface area (Å²) in [5.74, 6) is -1.13. The molecule has 0 aliphatic rings. The van der Waals surface area contributed by atoms with Crippen LogP contribution < -0.4 is 10.6 Å². The van der Waals surface area contributed by atoms with Gasteiger partial charge in [0.05, 0.1) is 21.4 Å². The second-order valence-electron chi connectivity index (χ2n) is 4.86. The predicted octanol–water partition coefficient (Wildman–Crippen LogP) is 3.98. The maximum atomic E-state index is 12.3. The van der Waals surface area contributed by atoms with Gasteiger partial charge in [0, 0.05) is 7.05 Å². The van der Waals surface area contributed by atoms with Gasteiger partial charge in [-0.25, -0.2) is 4.79 Å². The smallest absolute Gasteiger partial charge is 0.343 e. The van der Waals surface area contributed by atoms with Gasteiger partial charge in [-0.1, -0.05) is 29.3 Å². The first-order chi connectivity index (χ1) is 11.3. The van der Waals surface area contributed by atoms with Crippen LogP contribution in [0.3, 0.4) is 0 Å². The summed E-state index contributed by atoms with van der Waals surface area (Å²) in [4.78, 5) is 24.5. The molecule has 2 aromatic rings. The zero-order valence-electron chi connectivity index (χ0n) is 13.1. The number of carbonyl (C=O) groups is 2. The number of benzene rings is 1. The maximum Gasteiger partial charge on any atom is 0.343 e. The number of ether oxygens (including phenoxy) is 1. The summed E-state index contributed by atoms with van der Waals surface area (Å²) in [6, 6.07) is 4.86. The number of nitrogens with one attached hydrogen (secondary N) is 2. The Bertz CT molecular complexity index is 779. The number of anilines is 2. The average Bonchev–Trinajstić information content (AvgIpc) is 2.92. The fourth-order valence-corrected chi connectivity index (χ4v) is 2.97. The van der Waals surface area contributed by atoms with Crippen LogP contribution in [0.1, 0.15) is 23.0 Å². The van der Waals surface area contributed by atoms with E-state index in [-0.39, 0.29) is 5.02 Å². The first-order valence-corrected chi connectivity index (χ1v) is 8.48. The third kappa shape index (κ3) is 3.98. The minimum Gasteiger partial charge on any atom is -0.449 e. The van der Waals surface area contributed by atoms with E-state index in [1.165, 1.54) is 6.92 Å². The highest BCUT2D eigenvalue weighted by Gasteiger charge is 2.24. The van der Waals surface area contributed by atoms with Crippen molar-refractivity contribution >= 4 is 57.3 Å². The standard InChI is InChI=1S/C15H15Cl2N3O3S/c1-7-11(14(18-3)24-20-7)15(22)23-8(2)13(21)19-10-6-4-5-9(16)12(10)17/h4-6,8,18H,1-3H3,(H,19,21)/t8-/m1/s1. The number of hydrogen-bond donors (Lipinski definition) is 2. The summed E-state index contributed by atoms with van der Waals surface area (Å²) >= 11 is 13.1. The maximum absolute atomic E-state index is 12.3. The van der Waals surface area contributed by atoms with Crippen LogP contribution in [0.5, 0.6) is 0 Å². The molecule has 0 aliphatic carbocycles. The van der Waals surface area contributed by atoms with Crippen LogP contribution in [-0.4, -0.2) is 29.4 Å². The van der Waals surface area contributed by atoms with E-state index in [9.17, 15) is 9.59 Å². The second-order valence-corrected chi connectivity index (χ2v) is 6.42. The summed E-state index contributed by atoms with van der Waals surface area (Å²) in [6.45, 7) is 3.17. The van der Waals surface area contributed by atoms with E-state index in [1.54, 1.807) is 32.2 Å². The molecule has 1 amide bonds. The largest absolute Gasteiger partial charge is 0.449 e. The Labute approximate surface area is 153 Å². The highest BCUT2D eigenvalue weighted by atomic mass is 35.5. The molecule has 0 bridgehead atoms. The lowest BCUT2D eigenvalue weighted by atomic mass is 10.2. The highest BCUT2D eigenvalue weighted by molar-refractivity contribution is 7.10. The third-order valence-electron chi connectivity index (χ3n) is 3.16. The molecule has 128 valence electrons. The van der Waals surface area contributed by atoms with E-state index < -0.39 is 18.0 Å². The molecule has 1 aromatic carbocycles. The summed E-state index contributed by atoms with van der Waals surface area (Å²) in [7, 11) is 1.68. The SMILES string of the molecule is CNc1snc(C)c1C(=O)O[C@H](C)C(=O)Nc1cccc(Cl)c1Cl. The summed E-state index contributed by atoms with van der Waals surface area (Å²) < 4.78 is 9.32. The first-order valence-electron chi connectivity index (χ1n) is 6.95. The molecule has 0 unspecified atom stereocenters. The normalized spacial score (nSPS) is 11.7. The predicted molar refractivity (Wildman–Crippen MR) is 96.4 cm³/mol. The molecule has 1 atom stereocenters. The monoisotopic (exact) mass is 387 g/mol. The van der Waals surface area contributed by atoms with Gasteiger partial charge in [0.15, 0.2) is 6.10 Å². The lowest BCUT2D eigenvalue weighted by Gasteiger charge is -2.15. The molecule has 9 heteroatoms. The fourth-order valence-electron chi connectivity index (χ4n) is 1.89. The lowest BCUT2D eigenvalue weighted by molar-refractivity contribution is -0.123. The van der Waals surface area contributed by atoms with Crippen LogP contribution in [0.4, 0.5) is 10.7 Å². The van der Waals surface area contributed by atoms with Gasteiger partial charge in [-0.2, -0.15) is 4.37 Å². The van der Waals surface area contributed by atoms with Gasteiger partial charge in [-0.05, 0) is 37.5 Å². The first kappa shape index (κ1) is 18.5. The number of esters is 1. The summed E-state index contributed by atoms with van der Waals surface area (Å²) in [6.07, 6.45) is -1.02. The molecular formula is C15H15Cl2N3O3S. The Morgan fingerprint density at radius 3 is 2.71 bits per heavy atom. The van der Waals surface area contributed by atoms with Gasteiger partial charge in [0.2, 0.25) is 0 Å². The van der Waals surface area contributed by atoms with Crippen LogP contribution in [0.15, 0.2) is 18.2 Å². The van der Waals surface area contributed by atoms with Gasteiger partial charge in [0.25, 0.3) is 5.91 Å². The summed E-state index contributed by atoms with van der Waals surface area (Å²) in [5, 5.41) is 6.59. The van der Waals surface area contributed by atoms with Crippen molar-refractivity contribution in [2.24, 2.45) is 0 Å². The van der Waals surface area contributed by atoms with E-state index in [2.05, 4.69) is 15.0 Å². The number of amides is 1. The number of hydrogen-bond acceptors (Lipinski definition) is 6. The Hall–Kier alpha value is -1.83. The quantitative estimate of drug-likeness (QED) is 0.758. The number of rotatable bonds is 5. The average molecular weight is 388 g/mol. The fraction of sp³-hybridized carbons (Fsp3) is 0.267. The molecule has 2 N–H and O–H groups in total. The molecule has 0 aliphatic heterocycles. The molecule has 1 heterocycles. The molecule has 6 nitrogen and oxygen atoms in total. The molecule has 1 aromatic heterocycles. The van der Waals surface area contributed by atoms with E-state index in [0.717, 1.165) is 11.5 Å². The zero-order chi connectivity index (χ0) is 17.9. The van der Waals surface area contributed by atoms with Crippen LogP contribution in [-0.2, 0) is 9.53 Å². The van der Waals surface area contributed by atoms with Crippen LogP contribution in [0.2, 0.25) is 10.0 Å². The number of nitrogens with zero attached hydrogens (tertiary/aromatic N) is 1. The summed E-state index contributed by atoms with van der Waals surface area (Å²) in [5.41, 5.74) is 1.21. The van der Waals surface area contributed by atoms with Gasteiger partial charge >= 0.3 is 5.97 Å². The van der Waals surface area contributed by atoms with Crippen LogP contribution >= 0.6 is 34.7 Å². The van der Waals surface area contributed by atoms with Crippen molar-refractivity contribution in [3.8, 4) is 0 Å². The highest BCUT2D eigenvalue weighted by Crippen LogP contribution is 2.30. The molecule has 2 rings (SSSR count). The zero-order valence-corrected chi connectivity index (χ0v) is 15.5. The van der Waals surface area contributed by atoms with Crippen LogP contribution in [0.25, 0.3) is 0 Å². The molecule has 0 spiro atoms. The third-order valence-corrected chi connectivity index (χ3v) is 4.93. The Kier molecular flexibility index (Phi) is 6.04. The van der Waals surface area contributed by atoms with Crippen molar-refractivity contribution in [1.82, 2.24) is 4.37 Å². The molecule has 0 saturated carbocycles. The van der Waals surface area contributed by atoms with E-state index >= 15 is 0 Å². The molecule has 0 radical (unpaired) electrons. The van der Waals surface area contributed by atoms with Crippen molar-refractivity contribution in [2.75, 3.05) is 17.7 Å². The molecular weight excluding hydrogens is 373 g/mol. The van der Waals surface area contributed by atoms with Gasteiger partial charge in [-0.3, -0.25) is 4.79 Å². The van der Waals surface area contributed by atoms with Crippen molar-refractivity contribution in [1.29, 1.82) is 0 Å². The van der Waals surface area contributed by atoms with Crippen molar-refractivity contribution < 1.29 is 14.3 Å². The molecule has 24 heavy (non-hydrogen) atoms. The van der Waals surface area contributed by atoms with Crippen LogP contribution in [0, 0.1) is 6.92 Å². The van der Waals surface area contributed by atoms with E-state index in [1.807, 2.05) is 0 Å². The van der Waals surface area contributed by atoms with E-state index in [0.29, 0.717) is 27.0 Å². The second kappa shape index (κ2) is 7.83.